The third kappa shape index (κ3) is 2.59. The lowest BCUT2D eigenvalue weighted by Crippen LogP contribution is -2.05. The number of benzene rings is 3. The average molecular weight is 353 g/mol. The van der Waals surface area contributed by atoms with Gasteiger partial charge in [0.1, 0.15) is 0 Å². The lowest BCUT2D eigenvalue weighted by Gasteiger charge is -2.18. The molecule has 3 aromatic carbocycles. The van der Waals surface area contributed by atoms with Crippen molar-refractivity contribution < 1.29 is 4.79 Å². The molecule has 0 spiro atoms. The minimum Gasteiger partial charge on any atom is -0.295 e. The van der Waals surface area contributed by atoms with Gasteiger partial charge in [0.2, 0.25) is 0 Å². The summed E-state index contributed by atoms with van der Waals surface area (Å²) in [5, 5.41) is 2.43. The third-order valence-corrected chi connectivity index (χ3v) is 4.87. The van der Waals surface area contributed by atoms with Gasteiger partial charge < -0.3 is 0 Å². The first kappa shape index (κ1) is 15.0. The molecule has 3 rings (SSSR count). The maximum Gasteiger partial charge on any atom is 0.160 e. The molecular weight excluding hydrogens is 336 g/mol. The van der Waals surface area contributed by atoms with Crippen molar-refractivity contribution in [3.8, 4) is 0 Å². The normalized spacial score (nSPS) is 12.3. The van der Waals surface area contributed by atoms with Crippen molar-refractivity contribution in [2.45, 2.75) is 19.8 Å². The first-order valence-corrected chi connectivity index (χ1v) is 8.16. The molecule has 0 aromatic heterocycles. The molecule has 0 radical (unpaired) electrons. The fourth-order valence-corrected chi connectivity index (χ4v) is 3.50. The first-order valence-electron chi connectivity index (χ1n) is 7.36. The number of ketones is 1. The van der Waals surface area contributed by atoms with Crippen LogP contribution >= 0.6 is 15.9 Å². The van der Waals surface area contributed by atoms with Gasteiger partial charge in [-0.3, -0.25) is 4.79 Å². The van der Waals surface area contributed by atoms with Crippen LogP contribution in [0, 0.1) is 0 Å². The third-order valence-electron chi connectivity index (χ3n) is 4.18. The molecule has 0 amide bonds. The van der Waals surface area contributed by atoms with E-state index < -0.39 is 0 Å². The van der Waals surface area contributed by atoms with Crippen molar-refractivity contribution in [3.63, 3.8) is 0 Å². The number of rotatable bonds is 3. The molecule has 0 aliphatic rings. The molecule has 2 heteroatoms. The van der Waals surface area contributed by atoms with Crippen LogP contribution in [0.15, 0.2) is 65.1 Å². The summed E-state index contributed by atoms with van der Waals surface area (Å²) in [7, 11) is 0. The minimum atomic E-state index is 0.115. The molecule has 0 unspecified atom stereocenters. The van der Waals surface area contributed by atoms with Crippen LogP contribution in [0.4, 0.5) is 0 Å². The lowest BCUT2D eigenvalue weighted by atomic mass is 9.86. The second-order valence-electron chi connectivity index (χ2n) is 5.55. The molecule has 110 valence electrons. The van der Waals surface area contributed by atoms with E-state index in [4.69, 9.17) is 0 Å². The second-order valence-corrected chi connectivity index (χ2v) is 6.40. The van der Waals surface area contributed by atoms with E-state index in [-0.39, 0.29) is 11.7 Å². The number of halogens is 1. The zero-order valence-corrected chi connectivity index (χ0v) is 14.2. The van der Waals surface area contributed by atoms with Gasteiger partial charge in [0.15, 0.2) is 5.78 Å². The Kier molecular flexibility index (Phi) is 4.12. The predicted molar refractivity (Wildman–Crippen MR) is 95.6 cm³/mol. The van der Waals surface area contributed by atoms with E-state index in [1.54, 1.807) is 6.92 Å². The van der Waals surface area contributed by atoms with Gasteiger partial charge in [-0.2, -0.15) is 0 Å². The second kappa shape index (κ2) is 6.05. The Morgan fingerprint density at radius 3 is 2.23 bits per heavy atom. The van der Waals surface area contributed by atoms with E-state index in [1.165, 1.54) is 16.3 Å². The van der Waals surface area contributed by atoms with Crippen LogP contribution in [-0.4, -0.2) is 5.78 Å². The minimum absolute atomic E-state index is 0.115. The highest BCUT2D eigenvalue weighted by molar-refractivity contribution is 9.10. The molecule has 0 aliphatic heterocycles. The average Bonchev–Trinajstić information content (AvgIpc) is 2.55. The van der Waals surface area contributed by atoms with Gasteiger partial charge in [-0.25, -0.2) is 0 Å². The van der Waals surface area contributed by atoms with Crippen molar-refractivity contribution in [3.05, 3.63) is 81.8 Å². The fourth-order valence-electron chi connectivity index (χ4n) is 3.03. The Morgan fingerprint density at radius 1 is 0.864 bits per heavy atom. The molecule has 0 saturated heterocycles. The summed E-state index contributed by atoms with van der Waals surface area (Å²) < 4.78 is 1.10. The molecule has 0 N–H and O–H groups in total. The highest BCUT2D eigenvalue weighted by Crippen LogP contribution is 2.35. The number of hydrogen-bond acceptors (Lipinski definition) is 1. The molecule has 0 saturated carbocycles. The summed E-state index contributed by atoms with van der Waals surface area (Å²) in [4.78, 5) is 11.9. The van der Waals surface area contributed by atoms with Crippen LogP contribution in [-0.2, 0) is 0 Å². The first-order chi connectivity index (χ1) is 10.6. The smallest absolute Gasteiger partial charge is 0.160 e. The zero-order valence-electron chi connectivity index (χ0n) is 12.6. The number of carbonyl (C=O) groups is 1. The molecule has 3 aromatic rings. The summed E-state index contributed by atoms with van der Waals surface area (Å²) in [6.07, 6.45) is 0. The summed E-state index contributed by atoms with van der Waals surface area (Å²) >= 11 is 3.62. The Morgan fingerprint density at radius 2 is 1.50 bits per heavy atom. The molecule has 0 aliphatic carbocycles. The van der Waals surface area contributed by atoms with Crippen molar-refractivity contribution >= 4 is 32.5 Å². The zero-order chi connectivity index (χ0) is 15.7. The van der Waals surface area contributed by atoms with Gasteiger partial charge in [0.25, 0.3) is 0 Å². The predicted octanol–water partition coefficient (Wildman–Crippen LogP) is 5.96. The van der Waals surface area contributed by atoms with Crippen molar-refractivity contribution in [1.82, 2.24) is 0 Å². The van der Waals surface area contributed by atoms with Crippen LogP contribution in [0.2, 0.25) is 0 Å². The Hall–Kier alpha value is -1.93. The van der Waals surface area contributed by atoms with Crippen LogP contribution in [0.25, 0.3) is 10.8 Å². The van der Waals surface area contributed by atoms with E-state index in [1.807, 2.05) is 24.3 Å². The topological polar surface area (TPSA) is 17.1 Å². The number of Topliss-reactive ketones (excluding diaryl/α,β-unsaturated/α-hetero) is 1. The van der Waals surface area contributed by atoms with Crippen LogP contribution in [0.5, 0.6) is 0 Å². The number of fused-ring (bicyclic) bond motifs is 1. The van der Waals surface area contributed by atoms with Gasteiger partial charge in [-0.1, -0.05) is 77.5 Å². The maximum atomic E-state index is 11.9. The van der Waals surface area contributed by atoms with Crippen molar-refractivity contribution in [2.75, 3.05) is 0 Å². The molecule has 22 heavy (non-hydrogen) atoms. The van der Waals surface area contributed by atoms with E-state index in [0.29, 0.717) is 0 Å². The van der Waals surface area contributed by atoms with Crippen molar-refractivity contribution in [2.24, 2.45) is 0 Å². The Labute approximate surface area is 139 Å². The molecule has 1 nitrogen and oxygen atoms in total. The largest absolute Gasteiger partial charge is 0.295 e. The van der Waals surface area contributed by atoms with Crippen molar-refractivity contribution in [1.29, 1.82) is 0 Å². The maximum absolute atomic E-state index is 11.9. The molecule has 0 fully saturated rings. The highest BCUT2D eigenvalue weighted by Gasteiger charge is 2.17. The summed E-state index contributed by atoms with van der Waals surface area (Å²) in [6, 6.07) is 20.5. The molecular formula is C20H17BrO. The van der Waals surface area contributed by atoms with Gasteiger partial charge >= 0.3 is 0 Å². The Balaban J connectivity index is 2.20. The molecule has 0 heterocycles. The van der Waals surface area contributed by atoms with Crippen LogP contribution in [0.1, 0.15) is 41.3 Å². The monoisotopic (exact) mass is 352 g/mol. The molecule has 0 bridgehead atoms. The number of carbonyl (C=O) groups excluding carboxylic acids is 1. The SMILES string of the molecule is CC(=O)c1ccccc1[C@@H](C)c1ccc(Br)c2ccccc12. The van der Waals surface area contributed by atoms with Crippen LogP contribution in [0.3, 0.4) is 0 Å². The van der Waals surface area contributed by atoms with Gasteiger partial charge in [-0.15, -0.1) is 0 Å². The standard InChI is InChI=1S/C20H17BrO/c1-13(15-7-3-4-8-17(15)14(2)22)16-11-12-20(21)19-10-6-5-9-18(16)19/h3-13H,1-2H3/t13-/m1/s1. The summed E-state index contributed by atoms with van der Waals surface area (Å²) in [6.45, 7) is 3.79. The van der Waals surface area contributed by atoms with Gasteiger partial charge in [0.05, 0.1) is 0 Å². The van der Waals surface area contributed by atoms with Crippen LogP contribution < -0.4 is 0 Å². The lowest BCUT2D eigenvalue weighted by molar-refractivity contribution is 0.101. The number of hydrogen-bond donors (Lipinski definition) is 0. The van der Waals surface area contributed by atoms with Gasteiger partial charge in [-0.05, 0) is 34.9 Å². The summed E-state index contributed by atoms with van der Waals surface area (Å²) in [5.74, 6) is 0.280. The Bertz CT molecular complexity index is 851. The van der Waals surface area contributed by atoms with E-state index in [2.05, 4.69) is 59.3 Å². The fraction of sp³-hybridized carbons (Fsp3) is 0.150. The van der Waals surface area contributed by atoms with E-state index in [9.17, 15) is 4.79 Å². The van der Waals surface area contributed by atoms with E-state index in [0.717, 1.165) is 15.6 Å². The highest BCUT2D eigenvalue weighted by atomic mass is 79.9. The van der Waals surface area contributed by atoms with Gasteiger partial charge in [0, 0.05) is 16.0 Å². The molecule has 1 atom stereocenters. The van der Waals surface area contributed by atoms with E-state index >= 15 is 0 Å². The summed E-state index contributed by atoms with van der Waals surface area (Å²) in [5.41, 5.74) is 3.14. The quantitative estimate of drug-likeness (QED) is 0.531.